The highest BCUT2D eigenvalue weighted by Gasteiger charge is 2.24. The number of carbonyl (C=O) groups excluding carboxylic acids is 1. The van der Waals surface area contributed by atoms with Gasteiger partial charge in [-0.2, -0.15) is 0 Å². The van der Waals surface area contributed by atoms with Gasteiger partial charge in [-0.1, -0.05) is 39.5 Å². The van der Waals surface area contributed by atoms with Crippen LogP contribution in [0.2, 0.25) is 0 Å². The molecule has 1 aliphatic rings. The lowest BCUT2D eigenvalue weighted by Gasteiger charge is -2.23. The Morgan fingerprint density at radius 2 is 2.19 bits per heavy atom. The second-order valence-electron chi connectivity index (χ2n) is 4.52. The van der Waals surface area contributed by atoms with Gasteiger partial charge < -0.3 is 9.47 Å². The third kappa shape index (κ3) is 4.62. The fourth-order valence-corrected chi connectivity index (χ4v) is 2.03. The fourth-order valence-electron chi connectivity index (χ4n) is 2.03. The molecular weight excluding hydrogens is 204 g/mol. The zero-order chi connectivity index (χ0) is 11.8. The number of hydrogen-bond acceptors (Lipinski definition) is 3. The molecule has 16 heavy (non-hydrogen) atoms. The molecule has 2 unspecified atom stereocenters. The van der Waals surface area contributed by atoms with Crippen molar-refractivity contribution in [1.29, 1.82) is 0 Å². The second-order valence-corrected chi connectivity index (χ2v) is 4.52. The summed E-state index contributed by atoms with van der Waals surface area (Å²) < 4.78 is 10.7. The number of unbranched alkanes of at least 4 members (excludes halogenated alkanes) is 1. The highest BCUT2D eigenvalue weighted by molar-refractivity contribution is 5.83. The van der Waals surface area contributed by atoms with Crippen LogP contribution in [-0.4, -0.2) is 31.7 Å². The van der Waals surface area contributed by atoms with Gasteiger partial charge in [0.1, 0.15) is 6.10 Å². The molecule has 1 fully saturated rings. The molecule has 1 saturated heterocycles. The molecule has 0 radical (unpaired) electrons. The first-order valence-electron chi connectivity index (χ1n) is 6.50. The van der Waals surface area contributed by atoms with Gasteiger partial charge in [0.05, 0.1) is 19.8 Å². The largest absolute Gasteiger partial charge is 0.376 e. The van der Waals surface area contributed by atoms with E-state index in [9.17, 15) is 4.79 Å². The van der Waals surface area contributed by atoms with E-state index in [0.29, 0.717) is 32.2 Å². The Balaban J connectivity index is 2.29. The van der Waals surface area contributed by atoms with Gasteiger partial charge >= 0.3 is 0 Å². The van der Waals surface area contributed by atoms with Crippen molar-refractivity contribution in [2.24, 2.45) is 5.92 Å². The molecule has 0 N–H and O–H groups in total. The van der Waals surface area contributed by atoms with E-state index in [1.165, 1.54) is 12.8 Å². The average molecular weight is 228 g/mol. The summed E-state index contributed by atoms with van der Waals surface area (Å²) in [4.78, 5) is 11.9. The maximum atomic E-state index is 11.9. The number of carbonyl (C=O) groups is 1. The van der Waals surface area contributed by atoms with Crippen molar-refractivity contribution in [2.75, 3.05) is 19.8 Å². The minimum atomic E-state index is -0.301. The van der Waals surface area contributed by atoms with E-state index in [2.05, 4.69) is 13.8 Å². The lowest BCUT2D eigenvalue weighted by molar-refractivity contribution is -0.146. The molecule has 3 heteroatoms. The van der Waals surface area contributed by atoms with Crippen LogP contribution in [0.3, 0.4) is 0 Å². The zero-order valence-electron chi connectivity index (χ0n) is 10.5. The Bertz CT molecular complexity index is 197. The number of Topliss-reactive ketones (excluding diaryl/α,β-unsaturated/α-hetero) is 1. The molecule has 0 bridgehead atoms. The van der Waals surface area contributed by atoms with E-state index in [1.54, 1.807) is 0 Å². The van der Waals surface area contributed by atoms with Crippen molar-refractivity contribution >= 4 is 5.78 Å². The number of rotatable bonds is 7. The van der Waals surface area contributed by atoms with E-state index in [-0.39, 0.29) is 11.9 Å². The van der Waals surface area contributed by atoms with E-state index < -0.39 is 0 Å². The monoisotopic (exact) mass is 228 g/mol. The summed E-state index contributed by atoms with van der Waals surface area (Å²) in [5.41, 5.74) is 0. The van der Waals surface area contributed by atoms with Crippen molar-refractivity contribution in [3.05, 3.63) is 0 Å². The molecule has 0 saturated carbocycles. The van der Waals surface area contributed by atoms with Gasteiger partial charge in [0.25, 0.3) is 0 Å². The SMILES string of the molecule is CCCCC(CC)CC(=O)C1COCCO1. The molecule has 3 nitrogen and oxygen atoms in total. The first-order valence-corrected chi connectivity index (χ1v) is 6.50. The Hall–Kier alpha value is -0.410. The second kappa shape index (κ2) is 7.80. The number of ketones is 1. The zero-order valence-corrected chi connectivity index (χ0v) is 10.5. The Morgan fingerprint density at radius 1 is 1.38 bits per heavy atom. The number of hydrogen-bond donors (Lipinski definition) is 0. The third-order valence-corrected chi connectivity index (χ3v) is 3.21. The van der Waals surface area contributed by atoms with Crippen LogP contribution in [0.5, 0.6) is 0 Å². The predicted molar refractivity (Wildman–Crippen MR) is 63.5 cm³/mol. The van der Waals surface area contributed by atoms with E-state index in [4.69, 9.17) is 9.47 Å². The summed E-state index contributed by atoms with van der Waals surface area (Å²) >= 11 is 0. The lowest BCUT2D eigenvalue weighted by atomic mass is 9.92. The molecule has 0 amide bonds. The highest BCUT2D eigenvalue weighted by atomic mass is 16.6. The molecule has 0 spiro atoms. The summed E-state index contributed by atoms with van der Waals surface area (Å²) in [6.45, 7) is 5.97. The highest BCUT2D eigenvalue weighted by Crippen LogP contribution is 2.19. The molecule has 1 heterocycles. The Kier molecular flexibility index (Phi) is 6.65. The summed E-state index contributed by atoms with van der Waals surface area (Å²) in [7, 11) is 0. The van der Waals surface area contributed by atoms with Crippen LogP contribution >= 0.6 is 0 Å². The molecule has 0 aromatic carbocycles. The first kappa shape index (κ1) is 13.7. The Morgan fingerprint density at radius 3 is 2.75 bits per heavy atom. The van der Waals surface area contributed by atoms with E-state index >= 15 is 0 Å². The van der Waals surface area contributed by atoms with Crippen molar-refractivity contribution in [1.82, 2.24) is 0 Å². The van der Waals surface area contributed by atoms with E-state index in [1.807, 2.05) is 0 Å². The molecular formula is C13H24O3. The van der Waals surface area contributed by atoms with Crippen molar-refractivity contribution < 1.29 is 14.3 Å². The molecule has 1 rings (SSSR count). The minimum absolute atomic E-state index is 0.225. The molecule has 1 aliphatic heterocycles. The van der Waals surface area contributed by atoms with Crippen molar-refractivity contribution in [3.8, 4) is 0 Å². The van der Waals surface area contributed by atoms with Crippen LogP contribution in [0.25, 0.3) is 0 Å². The number of ether oxygens (including phenoxy) is 2. The molecule has 94 valence electrons. The normalized spacial score (nSPS) is 23.0. The standard InChI is InChI=1S/C13H24O3/c1-3-5-6-11(4-2)9-12(14)13-10-15-7-8-16-13/h11,13H,3-10H2,1-2H3. The van der Waals surface area contributed by atoms with Gasteiger partial charge in [-0.05, 0) is 5.92 Å². The predicted octanol–water partition coefficient (Wildman–Crippen LogP) is 2.58. The van der Waals surface area contributed by atoms with Crippen LogP contribution < -0.4 is 0 Å². The van der Waals surface area contributed by atoms with Gasteiger partial charge in [0, 0.05) is 6.42 Å². The van der Waals surface area contributed by atoms with Crippen LogP contribution in [0, 0.1) is 5.92 Å². The van der Waals surface area contributed by atoms with Gasteiger partial charge in [0.2, 0.25) is 0 Å². The van der Waals surface area contributed by atoms with Crippen LogP contribution in [0.4, 0.5) is 0 Å². The van der Waals surface area contributed by atoms with Crippen molar-refractivity contribution in [3.63, 3.8) is 0 Å². The maximum absolute atomic E-state index is 11.9. The average Bonchev–Trinajstić information content (AvgIpc) is 2.35. The van der Waals surface area contributed by atoms with Gasteiger partial charge in [-0.15, -0.1) is 0 Å². The molecule has 0 aromatic rings. The van der Waals surface area contributed by atoms with Crippen molar-refractivity contribution in [2.45, 2.75) is 52.1 Å². The fraction of sp³-hybridized carbons (Fsp3) is 0.923. The topological polar surface area (TPSA) is 35.5 Å². The van der Waals surface area contributed by atoms with Crippen LogP contribution in [0.1, 0.15) is 46.0 Å². The van der Waals surface area contributed by atoms with Gasteiger partial charge in [0.15, 0.2) is 5.78 Å². The minimum Gasteiger partial charge on any atom is -0.376 e. The van der Waals surface area contributed by atoms with Crippen LogP contribution in [-0.2, 0) is 14.3 Å². The Labute approximate surface area is 98.5 Å². The molecule has 0 aliphatic carbocycles. The smallest absolute Gasteiger partial charge is 0.164 e. The quantitative estimate of drug-likeness (QED) is 0.672. The summed E-state index contributed by atoms with van der Waals surface area (Å²) in [5.74, 6) is 0.751. The van der Waals surface area contributed by atoms with Crippen LogP contribution in [0.15, 0.2) is 0 Å². The maximum Gasteiger partial charge on any atom is 0.164 e. The van der Waals surface area contributed by atoms with E-state index in [0.717, 1.165) is 12.8 Å². The lowest BCUT2D eigenvalue weighted by Crippen LogP contribution is -2.36. The molecule has 0 aromatic heterocycles. The summed E-state index contributed by atoms with van der Waals surface area (Å²) in [6.07, 6.45) is 5.02. The summed E-state index contributed by atoms with van der Waals surface area (Å²) in [5, 5.41) is 0. The first-order chi connectivity index (χ1) is 7.77. The molecule has 2 atom stereocenters. The van der Waals surface area contributed by atoms with Gasteiger partial charge in [-0.25, -0.2) is 0 Å². The third-order valence-electron chi connectivity index (χ3n) is 3.21. The van der Waals surface area contributed by atoms with Gasteiger partial charge in [-0.3, -0.25) is 4.79 Å². The summed E-state index contributed by atoms with van der Waals surface area (Å²) in [6, 6.07) is 0.